The van der Waals surface area contributed by atoms with Gasteiger partial charge in [0.1, 0.15) is 18.2 Å². The highest BCUT2D eigenvalue weighted by molar-refractivity contribution is 5.81. The van der Waals surface area contributed by atoms with Gasteiger partial charge in [-0.15, -0.1) is 0 Å². The number of anilines is 2. The molecule has 1 aromatic carbocycles. The van der Waals surface area contributed by atoms with E-state index in [1.54, 1.807) is 29.5 Å². The van der Waals surface area contributed by atoms with E-state index in [-0.39, 0.29) is 6.61 Å². The van der Waals surface area contributed by atoms with Crippen LogP contribution in [0.2, 0.25) is 0 Å². The number of nitriles is 1. The predicted molar refractivity (Wildman–Crippen MR) is 126 cm³/mol. The summed E-state index contributed by atoms with van der Waals surface area (Å²) in [6, 6.07) is 13.4. The van der Waals surface area contributed by atoms with Gasteiger partial charge in [0.05, 0.1) is 11.0 Å². The van der Waals surface area contributed by atoms with Crippen LogP contribution in [0.1, 0.15) is 22.5 Å². The van der Waals surface area contributed by atoms with Crippen molar-refractivity contribution < 1.29 is 5.11 Å². The summed E-state index contributed by atoms with van der Waals surface area (Å²) in [5.74, 6) is 1.74. The van der Waals surface area contributed by atoms with Crippen LogP contribution in [0.5, 0.6) is 0 Å². The fourth-order valence-corrected chi connectivity index (χ4v) is 3.70. The number of hydrogen-bond donors (Lipinski definition) is 2. The second kappa shape index (κ2) is 8.73. The molecule has 0 saturated carbocycles. The van der Waals surface area contributed by atoms with Crippen LogP contribution in [0, 0.1) is 25.2 Å². The highest BCUT2D eigenvalue weighted by atomic mass is 16.3. The monoisotopic (exact) mass is 451 g/mol. The number of imidazole rings is 1. The number of aryl methyl sites for hydroxylation is 2. The predicted octanol–water partition coefficient (Wildman–Crippen LogP) is 3.16. The standard InChI is InChI=1S/C24H21N9O/c1-15-12-26-24(27-13-15)29-18-4-5-21-20(10-18)28-14-32(21)22-6-3-17(7-8-34)23(30-22)33-16(2)9-19(11-25)31-33/h3-6,9-10,12-14,34H,7-8H2,1-2H3,(H,26,27,29). The second-order valence-electron chi connectivity index (χ2n) is 7.85. The molecular weight excluding hydrogens is 430 g/mol. The Balaban J connectivity index is 1.53. The molecule has 2 N–H and O–H groups in total. The van der Waals surface area contributed by atoms with Crippen LogP contribution in [-0.2, 0) is 6.42 Å². The number of aliphatic hydroxyl groups excluding tert-OH is 1. The number of fused-ring (bicyclic) bond motifs is 1. The lowest BCUT2D eigenvalue weighted by Crippen LogP contribution is -2.10. The molecule has 0 aliphatic carbocycles. The lowest BCUT2D eigenvalue weighted by Gasteiger charge is -2.12. The molecule has 0 saturated heterocycles. The number of nitrogens with one attached hydrogen (secondary N) is 1. The van der Waals surface area contributed by atoms with Crippen molar-refractivity contribution in [2.24, 2.45) is 0 Å². The van der Waals surface area contributed by atoms with Crippen molar-refractivity contribution in [1.29, 1.82) is 5.26 Å². The van der Waals surface area contributed by atoms with Gasteiger partial charge in [-0.2, -0.15) is 10.4 Å². The van der Waals surface area contributed by atoms with Gasteiger partial charge in [0.25, 0.3) is 0 Å². The fraction of sp³-hybridized carbons (Fsp3) is 0.167. The van der Waals surface area contributed by atoms with Crippen molar-refractivity contribution in [2.45, 2.75) is 20.3 Å². The molecule has 10 heteroatoms. The van der Waals surface area contributed by atoms with Gasteiger partial charge in [-0.25, -0.2) is 24.6 Å². The topological polar surface area (TPSA) is 130 Å². The average Bonchev–Trinajstić information content (AvgIpc) is 3.44. The van der Waals surface area contributed by atoms with Crippen molar-refractivity contribution >= 4 is 22.7 Å². The molecule has 4 aromatic heterocycles. The molecule has 0 radical (unpaired) electrons. The zero-order chi connectivity index (χ0) is 23.7. The van der Waals surface area contributed by atoms with E-state index in [4.69, 9.17) is 4.98 Å². The number of pyridine rings is 1. The molecular formula is C24H21N9O. The van der Waals surface area contributed by atoms with E-state index in [1.165, 1.54) is 0 Å². The summed E-state index contributed by atoms with van der Waals surface area (Å²) in [5.41, 5.74) is 5.39. The van der Waals surface area contributed by atoms with Crippen molar-refractivity contribution in [3.05, 3.63) is 77.6 Å². The Hall–Kier alpha value is -4.62. The molecule has 168 valence electrons. The zero-order valence-electron chi connectivity index (χ0n) is 18.6. The second-order valence-corrected chi connectivity index (χ2v) is 7.85. The van der Waals surface area contributed by atoms with Gasteiger partial charge in [0, 0.05) is 30.4 Å². The third-order valence-corrected chi connectivity index (χ3v) is 5.36. The molecule has 4 heterocycles. The lowest BCUT2D eigenvalue weighted by atomic mass is 10.2. The maximum Gasteiger partial charge on any atom is 0.227 e. The minimum absolute atomic E-state index is 0.0199. The van der Waals surface area contributed by atoms with E-state index < -0.39 is 0 Å². The molecule has 5 aromatic rings. The van der Waals surface area contributed by atoms with Gasteiger partial charge < -0.3 is 10.4 Å². The third-order valence-electron chi connectivity index (χ3n) is 5.36. The van der Waals surface area contributed by atoms with E-state index >= 15 is 0 Å². The van der Waals surface area contributed by atoms with Gasteiger partial charge in [0.15, 0.2) is 11.5 Å². The normalized spacial score (nSPS) is 11.0. The number of hydrogen-bond acceptors (Lipinski definition) is 8. The number of nitrogens with zero attached hydrogens (tertiary/aromatic N) is 8. The Labute approximate surface area is 195 Å². The fourth-order valence-electron chi connectivity index (χ4n) is 3.70. The van der Waals surface area contributed by atoms with E-state index in [2.05, 4.69) is 31.4 Å². The van der Waals surface area contributed by atoms with Crippen LogP contribution in [0.25, 0.3) is 22.7 Å². The molecule has 0 amide bonds. The van der Waals surface area contributed by atoms with Crippen molar-refractivity contribution in [3.8, 4) is 17.7 Å². The first-order chi connectivity index (χ1) is 16.6. The van der Waals surface area contributed by atoms with Gasteiger partial charge in [-0.1, -0.05) is 6.07 Å². The number of benzene rings is 1. The molecule has 0 atom stereocenters. The minimum Gasteiger partial charge on any atom is -0.396 e. The third kappa shape index (κ3) is 3.96. The van der Waals surface area contributed by atoms with Gasteiger partial charge >= 0.3 is 0 Å². The SMILES string of the molecule is Cc1cnc(Nc2ccc3c(c2)ncn3-c2ccc(CCO)c(-n3nc(C#N)cc3C)n2)nc1. The average molecular weight is 451 g/mol. The molecule has 34 heavy (non-hydrogen) atoms. The molecule has 0 unspecified atom stereocenters. The summed E-state index contributed by atoms with van der Waals surface area (Å²) in [6.45, 7) is 3.78. The summed E-state index contributed by atoms with van der Waals surface area (Å²) in [7, 11) is 0. The Morgan fingerprint density at radius 3 is 2.62 bits per heavy atom. The number of rotatable bonds is 6. The van der Waals surface area contributed by atoms with Crippen LogP contribution in [0.4, 0.5) is 11.6 Å². The maximum absolute atomic E-state index is 9.51. The smallest absolute Gasteiger partial charge is 0.227 e. The van der Waals surface area contributed by atoms with Gasteiger partial charge in [0.2, 0.25) is 5.95 Å². The molecule has 0 aliphatic rings. The Kier molecular flexibility index (Phi) is 5.45. The van der Waals surface area contributed by atoms with E-state index in [0.717, 1.165) is 33.5 Å². The molecule has 0 fully saturated rings. The summed E-state index contributed by atoms with van der Waals surface area (Å²) in [6.07, 6.45) is 5.65. The lowest BCUT2D eigenvalue weighted by molar-refractivity contribution is 0.299. The van der Waals surface area contributed by atoms with Crippen LogP contribution in [0.15, 0.2) is 55.1 Å². The Bertz CT molecular complexity index is 1530. The summed E-state index contributed by atoms with van der Waals surface area (Å²) in [4.78, 5) is 17.9. The van der Waals surface area contributed by atoms with Crippen LogP contribution in [-0.4, -0.2) is 46.0 Å². The Morgan fingerprint density at radius 2 is 1.88 bits per heavy atom. The molecule has 0 spiro atoms. The summed E-state index contributed by atoms with van der Waals surface area (Å²) in [5, 5.41) is 26.3. The van der Waals surface area contributed by atoms with Crippen molar-refractivity contribution in [1.82, 2.24) is 34.3 Å². The van der Waals surface area contributed by atoms with Gasteiger partial charge in [-0.3, -0.25) is 4.57 Å². The minimum atomic E-state index is -0.0199. The first-order valence-electron chi connectivity index (χ1n) is 10.7. The highest BCUT2D eigenvalue weighted by Crippen LogP contribution is 2.24. The molecule has 5 rings (SSSR count). The zero-order valence-corrected chi connectivity index (χ0v) is 18.6. The van der Waals surface area contributed by atoms with E-state index in [9.17, 15) is 10.4 Å². The summed E-state index contributed by atoms with van der Waals surface area (Å²) >= 11 is 0. The summed E-state index contributed by atoms with van der Waals surface area (Å²) < 4.78 is 3.52. The van der Waals surface area contributed by atoms with Crippen LogP contribution < -0.4 is 5.32 Å². The highest BCUT2D eigenvalue weighted by Gasteiger charge is 2.15. The largest absolute Gasteiger partial charge is 0.396 e. The first-order valence-corrected chi connectivity index (χ1v) is 10.7. The quantitative estimate of drug-likeness (QED) is 0.403. The van der Waals surface area contributed by atoms with Crippen LogP contribution in [0.3, 0.4) is 0 Å². The Morgan fingerprint density at radius 1 is 1.06 bits per heavy atom. The van der Waals surface area contributed by atoms with Gasteiger partial charge in [-0.05, 0) is 61.7 Å². The molecule has 0 aliphatic heterocycles. The van der Waals surface area contributed by atoms with Crippen LogP contribution >= 0.6 is 0 Å². The van der Waals surface area contributed by atoms with Crippen molar-refractivity contribution in [2.75, 3.05) is 11.9 Å². The molecule has 0 bridgehead atoms. The van der Waals surface area contributed by atoms with E-state index in [1.807, 2.05) is 48.7 Å². The van der Waals surface area contributed by atoms with Crippen molar-refractivity contribution in [3.63, 3.8) is 0 Å². The number of aliphatic hydroxyl groups is 1. The maximum atomic E-state index is 9.51. The first kappa shape index (κ1) is 21.2. The van der Waals surface area contributed by atoms with E-state index in [0.29, 0.717) is 29.7 Å². The molecule has 10 nitrogen and oxygen atoms in total. The number of aromatic nitrogens is 7.